The van der Waals surface area contributed by atoms with E-state index in [9.17, 15) is 4.39 Å². The number of para-hydroxylation sites is 1. The number of rotatable bonds is 1. The fourth-order valence-corrected chi connectivity index (χ4v) is 3.27. The molecule has 1 fully saturated rings. The maximum atomic E-state index is 14.1. The Morgan fingerprint density at radius 1 is 1.37 bits per heavy atom. The topological polar surface area (TPSA) is 44.9 Å². The fourth-order valence-electron chi connectivity index (χ4n) is 3.27. The molecule has 0 saturated carbocycles. The molecule has 1 spiro atoms. The number of guanidine groups is 1. The third-order valence-corrected chi connectivity index (χ3v) is 4.08. The van der Waals surface area contributed by atoms with Crippen molar-refractivity contribution in [1.82, 2.24) is 4.90 Å². The summed E-state index contributed by atoms with van der Waals surface area (Å²) >= 11 is 0. The second-order valence-electron chi connectivity index (χ2n) is 5.53. The molecule has 2 aliphatic heterocycles. The van der Waals surface area contributed by atoms with Gasteiger partial charge in [-0.05, 0) is 38.6 Å². The zero-order valence-corrected chi connectivity index (χ0v) is 11.1. The van der Waals surface area contributed by atoms with Crippen LogP contribution in [0.4, 0.5) is 10.1 Å². The van der Waals surface area contributed by atoms with E-state index in [1.165, 1.54) is 6.07 Å². The quantitative estimate of drug-likeness (QED) is 0.832. The van der Waals surface area contributed by atoms with Gasteiger partial charge in [-0.15, -0.1) is 0 Å². The molecule has 1 atom stereocenters. The van der Waals surface area contributed by atoms with Crippen LogP contribution in [0, 0.1) is 5.82 Å². The Labute approximate surface area is 112 Å². The van der Waals surface area contributed by atoms with Crippen molar-refractivity contribution in [1.29, 1.82) is 0 Å². The molecule has 1 saturated heterocycles. The van der Waals surface area contributed by atoms with Crippen LogP contribution < -0.4 is 10.6 Å². The van der Waals surface area contributed by atoms with Gasteiger partial charge in [-0.2, -0.15) is 0 Å². The zero-order valence-electron chi connectivity index (χ0n) is 11.1. The summed E-state index contributed by atoms with van der Waals surface area (Å²) in [4.78, 5) is 8.54. The van der Waals surface area contributed by atoms with Gasteiger partial charge in [0.1, 0.15) is 5.82 Å². The number of piperidine rings is 1. The first-order valence-corrected chi connectivity index (χ1v) is 6.66. The standard InChI is InChI=1S/C14H19FN4/c1-18-8-4-7-14(10-18)9-17-13(16)19(14)12-6-3-2-5-11(12)15/h2-3,5-6H,4,7-10H2,1H3,(H2,16,17). The van der Waals surface area contributed by atoms with Gasteiger partial charge in [0.15, 0.2) is 5.96 Å². The number of halogens is 1. The Morgan fingerprint density at radius 2 is 2.16 bits per heavy atom. The molecular weight excluding hydrogens is 243 g/mol. The van der Waals surface area contributed by atoms with Crippen molar-refractivity contribution < 1.29 is 4.39 Å². The molecule has 2 N–H and O–H groups in total. The molecule has 19 heavy (non-hydrogen) atoms. The van der Waals surface area contributed by atoms with Crippen LogP contribution in [0.15, 0.2) is 29.3 Å². The number of nitrogens with zero attached hydrogens (tertiary/aromatic N) is 3. The fraction of sp³-hybridized carbons (Fsp3) is 0.500. The Hall–Kier alpha value is -1.62. The summed E-state index contributed by atoms with van der Waals surface area (Å²) in [5, 5.41) is 0. The average molecular weight is 262 g/mol. The van der Waals surface area contributed by atoms with Crippen LogP contribution in [0.5, 0.6) is 0 Å². The van der Waals surface area contributed by atoms with Crippen LogP contribution in [-0.2, 0) is 0 Å². The summed E-state index contributed by atoms with van der Waals surface area (Å²) in [6.45, 7) is 2.59. The van der Waals surface area contributed by atoms with E-state index < -0.39 is 0 Å². The molecule has 1 aromatic carbocycles. The molecule has 0 radical (unpaired) electrons. The molecule has 0 aliphatic carbocycles. The summed E-state index contributed by atoms with van der Waals surface area (Å²) in [5.74, 6) is 0.190. The number of benzene rings is 1. The van der Waals surface area contributed by atoms with Crippen molar-refractivity contribution in [2.75, 3.05) is 31.6 Å². The number of anilines is 1. The van der Waals surface area contributed by atoms with E-state index in [0.29, 0.717) is 18.2 Å². The van der Waals surface area contributed by atoms with Crippen molar-refractivity contribution in [3.63, 3.8) is 0 Å². The summed E-state index contributed by atoms with van der Waals surface area (Å²) in [6, 6.07) is 6.78. The maximum absolute atomic E-state index is 14.1. The van der Waals surface area contributed by atoms with Gasteiger partial charge >= 0.3 is 0 Å². The van der Waals surface area contributed by atoms with Crippen molar-refractivity contribution in [3.8, 4) is 0 Å². The van der Waals surface area contributed by atoms with Crippen LogP contribution in [0.3, 0.4) is 0 Å². The van der Waals surface area contributed by atoms with Gasteiger partial charge in [-0.3, -0.25) is 4.99 Å². The highest BCUT2D eigenvalue weighted by Crippen LogP contribution is 2.36. The molecule has 4 nitrogen and oxygen atoms in total. The molecule has 0 amide bonds. The molecule has 1 unspecified atom stereocenters. The van der Waals surface area contributed by atoms with Gasteiger partial charge < -0.3 is 15.5 Å². The Kier molecular flexibility index (Phi) is 2.93. The lowest BCUT2D eigenvalue weighted by Gasteiger charge is -2.45. The molecular formula is C14H19FN4. The highest BCUT2D eigenvalue weighted by Gasteiger charge is 2.45. The Balaban J connectivity index is 2.01. The number of aliphatic imine (C=N–C) groups is 1. The van der Waals surface area contributed by atoms with E-state index in [-0.39, 0.29) is 11.4 Å². The first kappa shape index (κ1) is 12.4. The van der Waals surface area contributed by atoms with E-state index >= 15 is 0 Å². The molecule has 1 aromatic rings. The number of nitrogens with two attached hydrogens (primary N) is 1. The molecule has 102 valence electrons. The second kappa shape index (κ2) is 4.49. The van der Waals surface area contributed by atoms with Crippen LogP contribution in [0.2, 0.25) is 0 Å². The summed E-state index contributed by atoms with van der Waals surface area (Å²) in [5.41, 5.74) is 6.38. The second-order valence-corrected chi connectivity index (χ2v) is 5.53. The number of likely N-dealkylation sites (tertiary alicyclic amines) is 1. The minimum atomic E-state index is -0.241. The maximum Gasteiger partial charge on any atom is 0.196 e. The van der Waals surface area contributed by atoms with Crippen LogP contribution >= 0.6 is 0 Å². The van der Waals surface area contributed by atoms with E-state index in [1.54, 1.807) is 12.1 Å². The van der Waals surface area contributed by atoms with Crippen LogP contribution in [0.25, 0.3) is 0 Å². The Morgan fingerprint density at radius 3 is 2.89 bits per heavy atom. The van der Waals surface area contributed by atoms with Gasteiger partial charge in [0, 0.05) is 6.54 Å². The lowest BCUT2D eigenvalue weighted by molar-refractivity contribution is 0.190. The molecule has 0 bridgehead atoms. The average Bonchev–Trinajstić information content (AvgIpc) is 2.67. The van der Waals surface area contributed by atoms with Crippen LogP contribution in [0.1, 0.15) is 12.8 Å². The minimum absolute atomic E-state index is 0.181. The summed E-state index contributed by atoms with van der Waals surface area (Å²) in [7, 11) is 2.09. The number of likely N-dealkylation sites (N-methyl/N-ethyl adjacent to an activating group) is 1. The predicted molar refractivity (Wildman–Crippen MR) is 74.8 cm³/mol. The zero-order chi connectivity index (χ0) is 13.5. The summed E-state index contributed by atoms with van der Waals surface area (Å²) < 4.78 is 14.1. The largest absolute Gasteiger partial charge is 0.369 e. The highest BCUT2D eigenvalue weighted by atomic mass is 19.1. The smallest absolute Gasteiger partial charge is 0.196 e. The van der Waals surface area contributed by atoms with Crippen molar-refractivity contribution in [3.05, 3.63) is 30.1 Å². The van der Waals surface area contributed by atoms with E-state index in [1.807, 2.05) is 11.0 Å². The van der Waals surface area contributed by atoms with Crippen molar-refractivity contribution in [2.45, 2.75) is 18.4 Å². The van der Waals surface area contributed by atoms with Gasteiger partial charge in [0.25, 0.3) is 0 Å². The van der Waals surface area contributed by atoms with Crippen LogP contribution in [-0.4, -0.2) is 43.1 Å². The molecule has 2 heterocycles. The molecule has 0 aromatic heterocycles. The predicted octanol–water partition coefficient (Wildman–Crippen LogP) is 1.42. The lowest BCUT2D eigenvalue weighted by atomic mass is 9.88. The first-order chi connectivity index (χ1) is 9.12. The molecule has 3 rings (SSSR count). The lowest BCUT2D eigenvalue weighted by Crippen LogP contribution is -2.60. The highest BCUT2D eigenvalue weighted by molar-refractivity contribution is 5.98. The van der Waals surface area contributed by atoms with E-state index in [2.05, 4.69) is 16.9 Å². The van der Waals surface area contributed by atoms with Gasteiger partial charge in [0.05, 0.1) is 17.8 Å². The minimum Gasteiger partial charge on any atom is -0.369 e. The first-order valence-electron chi connectivity index (χ1n) is 6.66. The molecule has 2 aliphatic rings. The number of hydrogen-bond donors (Lipinski definition) is 1. The Bertz CT molecular complexity index is 516. The number of hydrogen-bond acceptors (Lipinski definition) is 4. The SMILES string of the molecule is CN1CCCC2(CN=C(N)N2c2ccccc2F)C1. The third-order valence-electron chi connectivity index (χ3n) is 4.08. The van der Waals surface area contributed by atoms with Gasteiger partial charge in [-0.25, -0.2) is 4.39 Å². The molecule has 5 heteroatoms. The van der Waals surface area contributed by atoms with E-state index in [4.69, 9.17) is 5.73 Å². The monoisotopic (exact) mass is 262 g/mol. The van der Waals surface area contributed by atoms with E-state index in [0.717, 1.165) is 25.9 Å². The van der Waals surface area contributed by atoms with Crippen molar-refractivity contribution in [2.24, 2.45) is 10.7 Å². The van der Waals surface area contributed by atoms with Crippen molar-refractivity contribution >= 4 is 11.6 Å². The normalized spacial score (nSPS) is 27.9. The third kappa shape index (κ3) is 1.98. The van der Waals surface area contributed by atoms with Gasteiger partial charge in [0.2, 0.25) is 0 Å². The van der Waals surface area contributed by atoms with Gasteiger partial charge in [-0.1, -0.05) is 12.1 Å². The summed E-state index contributed by atoms with van der Waals surface area (Å²) in [6.07, 6.45) is 2.08.